The first-order chi connectivity index (χ1) is 17.2. The van der Waals surface area contributed by atoms with Gasteiger partial charge in [-0.05, 0) is 23.8 Å². The Labute approximate surface area is 206 Å². The third-order valence-corrected chi connectivity index (χ3v) is 7.98. The summed E-state index contributed by atoms with van der Waals surface area (Å²) in [6.07, 6.45) is 1.78. The molecule has 3 aliphatic rings. The van der Waals surface area contributed by atoms with Crippen LogP contribution in [0.1, 0.15) is 21.8 Å². The number of fused-ring (bicyclic) bond motifs is 4. The molecule has 1 aromatic heterocycles. The van der Waals surface area contributed by atoms with Gasteiger partial charge in [-0.3, -0.25) is 20.2 Å². The summed E-state index contributed by atoms with van der Waals surface area (Å²) >= 11 is 1.71. The topological polar surface area (TPSA) is 124 Å². The van der Waals surface area contributed by atoms with Crippen LogP contribution in [-0.4, -0.2) is 83.5 Å². The lowest BCUT2D eigenvalue weighted by atomic mass is 9.95. The molecule has 1 saturated heterocycles. The highest BCUT2D eigenvalue weighted by Crippen LogP contribution is 2.47. The van der Waals surface area contributed by atoms with E-state index in [1.165, 1.54) is 0 Å². The summed E-state index contributed by atoms with van der Waals surface area (Å²) in [5, 5.41) is 24.6. The number of rotatable bonds is 6. The van der Waals surface area contributed by atoms with E-state index in [1.807, 2.05) is 30.3 Å². The molecule has 0 radical (unpaired) electrons. The number of aromatic nitrogens is 2. The second-order valence-electron chi connectivity index (χ2n) is 8.72. The number of aliphatic hydroxyl groups excluding tert-OH is 1. The molecule has 6 rings (SSSR count). The van der Waals surface area contributed by atoms with Crippen molar-refractivity contribution in [3.63, 3.8) is 0 Å². The summed E-state index contributed by atoms with van der Waals surface area (Å²) in [7, 11) is 1.64. The minimum atomic E-state index is -0.0799. The molecule has 2 unspecified atom stereocenters. The van der Waals surface area contributed by atoms with E-state index in [2.05, 4.69) is 20.8 Å². The lowest BCUT2D eigenvalue weighted by Gasteiger charge is -2.37. The molecule has 2 atom stereocenters. The van der Waals surface area contributed by atoms with Crippen LogP contribution in [0.3, 0.4) is 0 Å². The van der Waals surface area contributed by atoms with Gasteiger partial charge in [0.2, 0.25) is 0 Å². The number of aliphatic hydroxyl groups is 1. The van der Waals surface area contributed by atoms with E-state index in [-0.39, 0.29) is 29.8 Å². The lowest BCUT2D eigenvalue weighted by Crippen LogP contribution is -2.52. The maximum Gasteiger partial charge on any atom is 0.254 e. The largest absolute Gasteiger partial charge is 0.494 e. The first kappa shape index (κ1) is 22.4. The Hall–Kier alpha value is -3.12. The number of hydrogen-bond donors (Lipinski definition) is 4. The Kier molecular flexibility index (Phi) is 5.85. The predicted molar refractivity (Wildman–Crippen MR) is 133 cm³/mol. The molecule has 3 aromatic rings. The van der Waals surface area contributed by atoms with Gasteiger partial charge in [-0.25, -0.2) is 0 Å². The zero-order valence-electron chi connectivity index (χ0n) is 19.2. The van der Waals surface area contributed by atoms with Crippen LogP contribution in [0.5, 0.6) is 5.75 Å². The maximum atomic E-state index is 13.2. The Balaban J connectivity index is 1.28. The number of amidine groups is 1. The number of ether oxygens (including phenoxy) is 2. The van der Waals surface area contributed by atoms with Gasteiger partial charge in [-0.1, -0.05) is 6.07 Å². The van der Waals surface area contributed by atoms with Crippen LogP contribution in [0.25, 0.3) is 10.9 Å². The zero-order valence-corrected chi connectivity index (χ0v) is 20.0. The normalized spacial score (nSPS) is 21.1. The quantitative estimate of drug-likeness (QED) is 0.410. The van der Waals surface area contributed by atoms with Crippen LogP contribution in [-0.2, 0) is 4.74 Å². The number of aliphatic imine (C=N–C) groups is 1. The van der Waals surface area contributed by atoms with Crippen molar-refractivity contribution in [1.29, 1.82) is 0 Å². The standard InChI is InChI=1S/C24H26N6O4S/c1-33-19-8-17-14(9-27-29-17)6-18(19)28-22-21-16-3-2-13(7-20(16)35-23(21)26-12-25-22)24(32)30(4-5-31)15-10-34-11-15/h2-3,6-9,15,21,23,26,31H,4-5,10-12H2,1H3,(H,25,28)(H,27,29). The number of benzene rings is 2. The molecule has 11 heteroatoms. The number of anilines is 1. The van der Waals surface area contributed by atoms with E-state index in [1.54, 1.807) is 30.0 Å². The fraction of sp³-hybridized carbons (Fsp3) is 0.375. The van der Waals surface area contributed by atoms with Crippen molar-refractivity contribution in [3.05, 3.63) is 47.7 Å². The van der Waals surface area contributed by atoms with E-state index < -0.39 is 0 Å². The van der Waals surface area contributed by atoms with Crippen molar-refractivity contribution in [2.75, 3.05) is 45.5 Å². The van der Waals surface area contributed by atoms with Gasteiger partial charge in [0.25, 0.3) is 5.91 Å². The van der Waals surface area contributed by atoms with Crippen LogP contribution in [0.2, 0.25) is 0 Å². The molecule has 4 heterocycles. The Morgan fingerprint density at radius 2 is 2.23 bits per heavy atom. The molecule has 2 aromatic carbocycles. The van der Waals surface area contributed by atoms with E-state index >= 15 is 0 Å². The molecular formula is C24H26N6O4S. The second-order valence-corrected chi connectivity index (χ2v) is 9.91. The van der Waals surface area contributed by atoms with Crippen LogP contribution < -0.4 is 15.4 Å². The molecular weight excluding hydrogens is 468 g/mol. The third kappa shape index (κ3) is 3.94. The van der Waals surface area contributed by atoms with E-state index in [0.717, 1.165) is 32.9 Å². The van der Waals surface area contributed by atoms with Gasteiger partial charge < -0.3 is 24.8 Å². The number of aromatic amines is 1. The highest BCUT2D eigenvalue weighted by atomic mass is 32.2. The van der Waals surface area contributed by atoms with Gasteiger partial charge in [0.05, 0.1) is 68.3 Å². The molecule has 1 fully saturated rings. The highest BCUT2D eigenvalue weighted by molar-refractivity contribution is 8.00. The number of nitrogens with zero attached hydrogens (tertiary/aromatic N) is 3. The monoisotopic (exact) mass is 494 g/mol. The Morgan fingerprint density at radius 1 is 1.34 bits per heavy atom. The van der Waals surface area contributed by atoms with E-state index in [0.29, 0.717) is 37.7 Å². The van der Waals surface area contributed by atoms with Crippen molar-refractivity contribution in [3.8, 4) is 5.75 Å². The summed E-state index contributed by atoms with van der Waals surface area (Å²) < 4.78 is 10.9. The van der Waals surface area contributed by atoms with Crippen molar-refractivity contribution < 1.29 is 19.4 Å². The molecule has 0 bridgehead atoms. The molecule has 10 nitrogen and oxygen atoms in total. The van der Waals surface area contributed by atoms with Crippen molar-refractivity contribution in [2.24, 2.45) is 4.99 Å². The van der Waals surface area contributed by atoms with Crippen LogP contribution in [0, 0.1) is 0 Å². The SMILES string of the molecule is COc1cc2[nH]ncc2cc1NC1=NCNC2Sc3cc(C(=O)N(CCO)C4COC4)ccc3C12. The Bertz CT molecular complexity index is 1310. The summed E-state index contributed by atoms with van der Waals surface area (Å²) in [6.45, 7) is 1.75. The molecule has 3 aliphatic heterocycles. The fourth-order valence-corrected chi connectivity index (χ4v) is 6.15. The van der Waals surface area contributed by atoms with Gasteiger partial charge >= 0.3 is 0 Å². The zero-order chi connectivity index (χ0) is 23.9. The number of carbonyl (C=O) groups excluding carboxylic acids is 1. The first-order valence-electron chi connectivity index (χ1n) is 11.5. The molecule has 35 heavy (non-hydrogen) atoms. The number of amides is 1. The fourth-order valence-electron chi connectivity index (χ4n) is 4.78. The first-order valence-corrected chi connectivity index (χ1v) is 12.4. The molecule has 0 saturated carbocycles. The summed E-state index contributed by atoms with van der Waals surface area (Å²) in [5.74, 6) is 1.49. The molecule has 182 valence electrons. The average Bonchev–Trinajstić information content (AvgIpc) is 3.45. The van der Waals surface area contributed by atoms with Gasteiger partial charge in [0, 0.05) is 28.5 Å². The van der Waals surface area contributed by atoms with Gasteiger partial charge in [0.1, 0.15) is 11.6 Å². The minimum absolute atomic E-state index is 0.00577. The summed E-state index contributed by atoms with van der Waals surface area (Å²) in [4.78, 5) is 20.7. The van der Waals surface area contributed by atoms with Gasteiger partial charge in [-0.15, -0.1) is 11.8 Å². The third-order valence-electron chi connectivity index (χ3n) is 6.67. The summed E-state index contributed by atoms with van der Waals surface area (Å²) in [5.41, 5.74) is 3.47. The molecule has 1 amide bonds. The number of methoxy groups -OCH3 is 1. The lowest BCUT2D eigenvalue weighted by molar-refractivity contribution is -0.0569. The van der Waals surface area contributed by atoms with Crippen LogP contribution in [0.4, 0.5) is 5.69 Å². The number of thioether (sulfide) groups is 1. The van der Waals surface area contributed by atoms with Crippen LogP contribution in [0.15, 0.2) is 46.4 Å². The Morgan fingerprint density at radius 3 is 3.00 bits per heavy atom. The molecule has 4 N–H and O–H groups in total. The van der Waals surface area contributed by atoms with Gasteiger partial charge in [0.15, 0.2) is 0 Å². The van der Waals surface area contributed by atoms with Crippen LogP contribution >= 0.6 is 11.8 Å². The highest BCUT2D eigenvalue weighted by Gasteiger charge is 2.40. The number of nitrogens with one attached hydrogen (secondary N) is 3. The minimum Gasteiger partial charge on any atom is -0.494 e. The van der Waals surface area contributed by atoms with Crippen molar-refractivity contribution in [2.45, 2.75) is 22.2 Å². The number of hydrogen-bond acceptors (Lipinski definition) is 9. The van der Waals surface area contributed by atoms with E-state index in [4.69, 9.17) is 14.5 Å². The average molecular weight is 495 g/mol. The number of carbonyl (C=O) groups is 1. The summed E-state index contributed by atoms with van der Waals surface area (Å²) in [6, 6.07) is 9.80. The van der Waals surface area contributed by atoms with Crippen molar-refractivity contribution >= 4 is 40.1 Å². The second kappa shape index (κ2) is 9.15. The predicted octanol–water partition coefficient (Wildman–Crippen LogP) is 1.99. The smallest absolute Gasteiger partial charge is 0.254 e. The molecule has 0 spiro atoms. The number of H-pyrrole nitrogens is 1. The molecule has 0 aliphatic carbocycles. The van der Waals surface area contributed by atoms with E-state index in [9.17, 15) is 9.90 Å². The van der Waals surface area contributed by atoms with Crippen molar-refractivity contribution in [1.82, 2.24) is 20.4 Å². The maximum absolute atomic E-state index is 13.2. The van der Waals surface area contributed by atoms with Gasteiger partial charge in [-0.2, -0.15) is 5.10 Å².